The summed E-state index contributed by atoms with van der Waals surface area (Å²) in [6, 6.07) is 0. The number of hydrogen-bond acceptors (Lipinski definition) is 3. The second-order valence-corrected chi connectivity index (χ2v) is 3.68. The molecule has 0 fully saturated rings. The van der Waals surface area contributed by atoms with E-state index in [4.69, 9.17) is 10.8 Å². The summed E-state index contributed by atoms with van der Waals surface area (Å²) in [5, 5.41) is 18.3. The Hall–Kier alpha value is -0.120. The van der Waals surface area contributed by atoms with Gasteiger partial charge in [0.1, 0.15) is 0 Å². The fraction of sp³-hybridized carbons (Fsp3) is 1.00. The summed E-state index contributed by atoms with van der Waals surface area (Å²) in [6.45, 7) is 6.44. The molecule has 0 radical (unpaired) electrons. The van der Waals surface area contributed by atoms with Crippen LogP contribution in [0.2, 0.25) is 0 Å². The van der Waals surface area contributed by atoms with E-state index in [9.17, 15) is 5.11 Å². The lowest BCUT2D eigenvalue weighted by Crippen LogP contribution is -2.34. The summed E-state index contributed by atoms with van der Waals surface area (Å²) >= 11 is 0. The topological polar surface area (TPSA) is 66.5 Å². The third kappa shape index (κ3) is 3.09. The van der Waals surface area contributed by atoms with Gasteiger partial charge in [0.15, 0.2) is 0 Å². The van der Waals surface area contributed by atoms with Crippen molar-refractivity contribution in [2.75, 3.05) is 13.2 Å². The Labute approximate surface area is 74.6 Å². The molecule has 0 aliphatic rings. The zero-order chi connectivity index (χ0) is 9.72. The molecule has 4 atom stereocenters. The van der Waals surface area contributed by atoms with Crippen molar-refractivity contribution in [3.63, 3.8) is 0 Å². The molecule has 0 aromatic rings. The van der Waals surface area contributed by atoms with E-state index in [2.05, 4.69) is 0 Å². The summed E-state index contributed by atoms with van der Waals surface area (Å²) in [7, 11) is 0. The van der Waals surface area contributed by atoms with Crippen LogP contribution >= 0.6 is 0 Å². The minimum atomic E-state index is -0.450. The summed E-state index contributed by atoms with van der Waals surface area (Å²) in [5.41, 5.74) is 5.34. The molecule has 0 saturated heterocycles. The molecule has 74 valence electrons. The molecule has 0 heterocycles. The Morgan fingerprint density at radius 3 is 2.00 bits per heavy atom. The highest BCUT2D eigenvalue weighted by atomic mass is 16.3. The molecule has 4 unspecified atom stereocenters. The Morgan fingerprint density at radius 2 is 1.67 bits per heavy atom. The fourth-order valence-electron chi connectivity index (χ4n) is 1.25. The summed E-state index contributed by atoms with van der Waals surface area (Å²) in [6.07, 6.45) is -0.450. The van der Waals surface area contributed by atoms with Gasteiger partial charge in [0.25, 0.3) is 0 Å². The summed E-state index contributed by atoms with van der Waals surface area (Å²) in [4.78, 5) is 0. The number of nitrogens with two attached hydrogens (primary N) is 1. The molecule has 0 aromatic carbocycles. The molecule has 3 nitrogen and oxygen atoms in total. The first-order chi connectivity index (χ1) is 5.54. The second-order valence-electron chi connectivity index (χ2n) is 3.68. The third-order valence-corrected chi connectivity index (χ3v) is 2.86. The minimum Gasteiger partial charge on any atom is -0.396 e. The van der Waals surface area contributed by atoms with Crippen molar-refractivity contribution in [1.82, 2.24) is 0 Å². The van der Waals surface area contributed by atoms with Gasteiger partial charge in [-0.2, -0.15) is 0 Å². The van der Waals surface area contributed by atoms with E-state index in [0.29, 0.717) is 12.5 Å². The molecule has 0 rings (SSSR count). The van der Waals surface area contributed by atoms with E-state index >= 15 is 0 Å². The standard InChI is InChI=1S/C9H21NO2/c1-6(5-11)7(2)8(3)9(12)4-10/h6-9,11-12H,4-5,10H2,1-3H3. The lowest BCUT2D eigenvalue weighted by Gasteiger charge is -2.27. The van der Waals surface area contributed by atoms with Gasteiger partial charge in [-0.05, 0) is 17.8 Å². The van der Waals surface area contributed by atoms with Crippen LogP contribution in [0.15, 0.2) is 0 Å². The smallest absolute Gasteiger partial charge is 0.0690 e. The lowest BCUT2D eigenvalue weighted by atomic mass is 9.82. The predicted molar refractivity (Wildman–Crippen MR) is 49.6 cm³/mol. The number of aliphatic hydroxyl groups excluding tert-OH is 2. The highest BCUT2D eigenvalue weighted by Crippen LogP contribution is 2.22. The van der Waals surface area contributed by atoms with Crippen LogP contribution < -0.4 is 5.73 Å². The molecule has 0 amide bonds. The molecular formula is C9H21NO2. The van der Waals surface area contributed by atoms with Gasteiger partial charge in [-0.1, -0.05) is 20.8 Å². The highest BCUT2D eigenvalue weighted by Gasteiger charge is 2.23. The van der Waals surface area contributed by atoms with Gasteiger partial charge < -0.3 is 15.9 Å². The maximum absolute atomic E-state index is 9.43. The van der Waals surface area contributed by atoms with Crippen molar-refractivity contribution in [3.05, 3.63) is 0 Å². The van der Waals surface area contributed by atoms with Gasteiger partial charge in [0.05, 0.1) is 6.10 Å². The van der Waals surface area contributed by atoms with Crippen molar-refractivity contribution in [3.8, 4) is 0 Å². The SMILES string of the molecule is CC(CO)C(C)C(C)C(O)CN. The molecule has 0 spiro atoms. The van der Waals surface area contributed by atoms with Crippen LogP contribution in [0.3, 0.4) is 0 Å². The first-order valence-electron chi connectivity index (χ1n) is 4.53. The molecular weight excluding hydrogens is 154 g/mol. The maximum atomic E-state index is 9.43. The number of rotatable bonds is 5. The second kappa shape index (κ2) is 5.51. The summed E-state index contributed by atoms with van der Waals surface area (Å²) in [5.74, 6) is 0.673. The highest BCUT2D eigenvalue weighted by molar-refractivity contribution is 4.74. The van der Waals surface area contributed by atoms with Gasteiger partial charge in [0, 0.05) is 13.2 Å². The van der Waals surface area contributed by atoms with Crippen molar-refractivity contribution in [2.45, 2.75) is 26.9 Å². The van der Waals surface area contributed by atoms with Gasteiger partial charge >= 0.3 is 0 Å². The first kappa shape index (κ1) is 11.9. The van der Waals surface area contributed by atoms with E-state index in [1.165, 1.54) is 0 Å². The van der Waals surface area contributed by atoms with Crippen molar-refractivity contribution < 1.29 is 10.2 Å². The average molecular weight is 175 g/mol. The largest absolute Gasteiger partial charge is 0.396 e. The molecule has 12 heavy (non-hydrogen) atoms. The Bertz CT molecular complexity index is 105. The predicted octanol–water partition coefficient (Wildman–Crippen LogP) is 0.207. The maximum Gasteiger partial charge on any atom is 0.0690 e. The van der Waals surface area contributed by atoms with E-state index < -0.39 is 6.10 Å². The van der Waals surface area contributed by atoms with E-state index in [-0.39, 0.29) is 18.4 Å². The Morgan fingerprint density at radius 1 is 1.17 bits per heavy atom. The van der Waals surface area contributed by atoms with E-state index in [0.717, 1.165) is 0 Å². The van der Waals surface area contributed by atoms with Crippen molar-refractivity contribution in [2.24, 2.45) is 23.5 Å². The number of aliphatic hydroxyl groups is 2. The van der Waals surface area contributed by atoms with Crippen molar-refractivity contribution in [1.29, 1.82) is 0 Å². The van der Waals surface area contributed by atoms with Gasteiger partial charge in [0.2, 0.25) is 0 Å². The lowest BCUT2D eigenvalue weighted by molar-refractivity contribution is 0.0621. The Kier molecular flexibility index (Phi) is 5.46. The zero-order valence-corrected chi connectivity index (χ0v) is 8.20. The van der Waals surface area contributed by atoms with Crippen LogP contribution in [0.5, 0.6) is 0 Å². The van der Waals surface area contributed by atoms with Gasteiger partial charge in [-0.25, -0.2) is 0 Å². The van der Waals surface area contributed by atoms with E-state index in [1.54, 1.807) is 0 Å². The molecule has 3 heteroatoms. The van der Waals surface area contributed by atoms with Gasteiger partial charge in [-0.3, -0.25) is 0 Å². The van der Waals surface area contributed by atoms with Crippen molar-refractivity contribution >= 4 is 0 Å². The Balaban J connectivity index is 3.99. The average Bonchev–Trinajstić information content (AvgIpc) is 2.12. The van der Waals surface area contributed by atoms with Crippen LogP contribution in [0, 0.1) is 17.8 Å². The molecule has 0 bridgehead atoms. The summed E-state index contributed by atoms with van der Waals surface area (Å²) < 4.78 is 0. The monoisotopic (exact) mass is 175 g/mol. The van der Waals surface area contributed by atoms with Crippen LogP contribution in [0.25, 0.3) is 0 Å². The van der Waals surface area contributed by atoms with Crippen LogP contribution in [0.4, 0.5) is 0 Å². The fourth-order valence-corrected chi connectivity index (χ4v) is 1.25. The normalized spacial score (nSPS) is 21.5. The molecule has 0 saturated carbocycles. The number of hydrogen-bond donors (Lipinski definition) is 3. The van der Waals surface area contributed by atoms with Crippen LogP contribution in [-0.4, -0.2) is 29.5 Å². The minimum absolute atomic E-state index is 0.150. The first-order valence-corrected chi connectivity index (χ1v) is 4.53. The molecule has 0 aliphatic carbocycles. The third-order valence-electron chi connectivity index (χ3n) is 2.86. The van der Waals surface area contributed by atoms with Gasteiger partial charge in [-0.15, -0.1) is 0 Å². The zero-order valence-electron chi connectivity index (χ0n) is 8.20. The van der Waals surface area contributed by atoms with Crippen LogP contribution in [-0.2, 0) is 0 Å². The molecule has 0 aliphatic heterocycles. The van der Waals surface area contributed by atoms with E-state index in [1.807, 2.05) is 20.8 Å². The quantitative estimate of drug-likeness (QED) is 0.559. The molecule has 4 N–H and O–H groups in total. The molecule has 0 aromatic heterocycles. The van der Waals surface area contributed by atoms with Crippen LogP contribution in [0.1, 0.15) is 20.8 Å².